The zero-order valence-corrected chi connectivity index (χ0v) is 6.59. The van der Waals surface area contributed by atoms with Crippen LogP contribution < -0.4 is 0 Å². The van der Waals surface area contributed by atoms with Crippen LogP contribution in [0.25, 0.3) is 0 Å². The van der Waals surface area contributed by atoms with Crippen LogP contribution in [-0.4, -0.2) is 0 Å². The molecule has 0 aliphatic heterocycles. The minimum Gasteiger partial charge on any atom is -0.0802 e. The minimum absolute atomic E-state index is 0.404. The molecule has 0 nitrogen and oxygen atoms in total. The van der Waals surface area contributed by atoms with Crippen LogP contribution >= 0.6 is 0 Å². The van der Waals surface area contributed by atoms with Gasteiger partial charge in [0.15, 0.2) is 0 Å². The zero-order chi connectivity index (χ0) is 7.68. The normalized spacial score (nSPS) is 13.9. The average Bonchev–Trinajstić information content (AvgIpc) is 2.87. The third-order valence-electron chi connectivity index (χ3n) is 1.98. The summed E-state index contributed by atoms with van der Waals surface area (Å²) in [6, 6.07) is 8.64. The van der Waals surface area contributed by atoms with Crippen LogP contribution in [0, 0.1) is 11.8 Å². The second-order valence-electron chi connectivity index (χ2n) is 2.82. The molecule has 0 spiro atoms. The standard InChI is InChI=1S/C11H10/c1-2-9-4-3-5-11(8-9)10-6-7-10/h3-5,8,10H,2H2,1H3. The smallest absolute Gasteiger partial charge is 0.0802 e. The molecule has 0 heteroatoms. The molecule has 0 saturated carbocycles. The van der Waals surface area contributed by atoms with Crippen molar-refractivity contribution in [3.05, 3.63) is 35.4 Å². The molecular weight excluding hydrogens is 132 g/mol. The van der Waals surface area contributed by atoms with Gasteiger partial charge in [-0.15, -0.1) is 0 Å². The predicted molar refractivity (Wildman–Crippen MR) is 46.3 cm³/mol. The lowest BCUT2D eigenvalue weighted by Crippen LogP contribution is -1.85. The number of benzene rings is 1. The van der Waals surface area contributed by atoms with Crippen molar-refractivity contribution in [2.24, 2.45) is 0 Å². The van der Waals surface area contributed by atoms with Crippen LogP contribution in [-0.2, 0) is 6.42 Å². The zero-order valence-electron chi connectivity index (χ0n) is 6.59. The van der Waals surface area contributed by atoms with Crippen molar-refractivity contribution in [3.8, 4) is 11.8 Å². The van der Waals surface area contributed by atoms with Crippen LogP contribution in [0.4, 0.5) is 0 Å². The third kappa shape index (κ3) is 1.28. The first-order valence-electron chi connectivity index (χ1n) is 4.00. The van der Waals surface area contributed by atoms with Crippen molar-refractivity contribution in [2.45, 2.75) is 19.3 Å². The van der Waals surface area contributed by atoms with E-state index in [4.69, 9.17) is 0 Å². The average molecular weight is 142 g/mol. The van der Waals surface area contributed by atoms with Gasteiger partial charge in [0.2, 0.25) is 0 Å². The van der Waals surface area contributed by atoms with E-state index in [1.807, 2.05) is 0 Å². The Labute approximate surface area is 67.2 Å². The Balaban J connectivity index is 2.27. The minimum atomic E-state index is 0.404. The summed E-state index contributed by atoms with van der Waals surface area (Å²) >= 11 is 0. The topological polar surface area (TPSA) is 0 Å². The summed E-state index contributed by atoms with van der Waals surface area (Å²) < 4.78 is 0. The Hall–Kier alpha value is -1.22. The first kappa shape index (κ1) is 6.49. The summed E-state index contributed by atoms with van der Waals surface area (Å²) in [6.45, 7) is 2.17. The Morgan fingerprint density at radius 2 is 2.18 bits per heavy atom. The molecule has 0 N–H and O–H groups in total. The second-order valence-corrected chi connectivity index (χ2v) is 2.82. The molecule has 1 aliphatic rings. The summed E-state index contributed by atoms with van der Waals surface area (Å²) in [7, 11) is 0. The monoisotopic (exact) mass is 142 g/mol. The first-order valence-corrected chi connectivity index (χ1v) is 4.00. The van der Waals surface area contributed by atoms with E-state index in [-0.39, 0.29) is 0 Å². The lowest BCUT2D eigenvalue weighted by molar-refractivity contribution is 1.12. The molecular formula is C11H10. The van der Waals surface area contributed by atoms with E-state index in [0.717, 1.165) is 6.42 Å². The molecule has 54 valence electrons. The fourth-order valence-corrected chi connectivity index (χ4v) is 1.20. The first-order chi connectivity index (χ1) is 5.40. The van der Waals surface area contributed by atoms with Crippen molar-refractivity contribution in [2.75, 3.05) is 0 Å². The molecule has 0 fully saturated rings. The molecule has 0 saturated heterocycles. The number of hydrogen-bond donors (Lipinski definition) is 0. The van der Waals surface area contributed by atoms with E-state index >= 15 is 0 Å². The van der Waals surface area contributed by atoms with Gasteiger partial charge in [-0.2, -0.15) is 0 Å². The Morgan fingerprint density at radius 3 is 2.82 bits per heavy atom. The van der Waals surface area contributed by atoms with Crippen LogP contribution in [0.2, 0.25) is 0 Å². The molecule has 0 radical (unpaired) electrons. The largest absolute Gasteiger partial charge is 0.106 e. The highest BCUT2D eigenvalue weighted by Gasteiger charge is 2.12. The van der Waals surface area contributed by atoms with Gasteiger partial charge in [-0.1, -0.05) is 43.0 Å². The predicted octanol–water partition coefficient (Wildman–Crippen LogP) is 2.35. The van der Waals surface area contributed by atoms with Crippen LogP contribution in [0.5, 0.6) is 0 Å². The van der Waals surface area contributed by atoms with E-state index < -0.39 is 0 Å². The molecule has 0 aromatic heterocycles. The van der Waals surface area contributed by atoms with Crippen LogP contribution in [0.15, 0.2) is 24.3 Å². The van der Waals surface area contributed by atoms with Crippen molar-refractivity contribution >= 4 is 0 Å². The van der Waals surface area contributed by atoms with Crippen molar-refractivity contribution in [3.63, 3.8) is 0 Å². The quantitative estimate of drug-likeness (QED) is 0.556. The molecule has 1 aromatic rings. The van der Waals surface area contributed by atoms with Crippen molar-refractivity contribution < 1.29 is 0 Å². The molecule has 1 aromatic carbocycles. The van der Waals surface area contributed by atoms with E-state index in [1.165, 1.54) is 11.1 Å². The fourth-order valence-electron chi connectivity index (χ4n) is 1.20. The maximum atomic E-state index is 3.05. The van der Waals surface area contributed by atoms with Crippen LogP contribution in [0.3, 0.4) is 0 Å². The molecule has 0 heterocycles. The highest BCUT2D eigenvalue weighted by Crippen LogP contribution is 2.22. The van der Waals surface area contributed by atoms with E-state index in [0.29, 0.717) is 5.92 Å². The van der Waals surface area contributed by atoms with Crippen molar-refractivity contribution in [1.29, 1.82) is 0 Å². The molecule has 0 bridgehead atoms. The van der Waals surface area contributed by atoms with E-state index in [2.05, 4.69) is 43.0 Å². The van der Waals surface area contributed by atoms with Crippen LogP contribution in [0.1, 0.15) is 24.0 Å². The lowest BCUT2D eigenvalue weighted by Gasteiger charge is -1.99. The maximum Gasteiger partial charge on any atom is 0.106 e. The Bertz CT molecular complexity index is 317. The van der Waals surface area contributed by atoms with Gasteiger partial charge >= 0.3 is 0 Å². The SMILES string of the molecule is CCc1cccc(C2C#C2)c1. The Morgan fingerprint density at radius 1 is 1.36 bits per heavy atom. The second kappa shape index (κ2) is 2.43. The summed E-state index contributed by atoms with van der Waals surface area (Å²) in [5.41, 5.74) is 2.74. The van der Waals surface area contributed by atoms with Gasteiger partial charge in [-0.05, 0) is 17.5 Å². The van der Waals surface area contributed by atoms with E-state index in [1.54, 1.807) is 0 Å². The summed E-state index contributed by atoms with van der Waals surface area (Å²) in [5, 5.41) is 0. The molecule has 11 heavy (non-hydrogen) atoms. The van der Waals surface area contributed by atoms with Gasteiger partial charge < -0.3 is 0 Å². The molecule has 0 atom stereocenters. The van der Waals surface area contributed by atoms with Gasteiger partial charge in [-0.3, -0.25) is 0 Å². The fraction of sp³-hybridized carbons (Fsp3) is 0.273. The summed E-state index contributed by atoms with van der Waals surface area (Å²) in [4.78, 5) is 0. The number of aryl methyl sites for hydroxylation is 1. The number of hydrogen-bond acceptors (Lipinski definition) is 0. The molecule has 0 amide bonds. The third-order valence-corrected chi connectivity index (χ3v) is 1.98. The molecule has 1 aliphatic carbocycles. The van der Waals surface area contributed by atoms with Gasteiger partial charge in [0.05, 0.1) is 0 Å². The van der Waals surface area contributed by atoms with Gasteiger partial charge in [0, 0.05) is 0 Å². The molecule has 2 rings (SSSR count). The summed E-state index contributed by atoms with van der Waals surface area (Å²) in [5.74, 6) is 6.51. The van der Waals surface area contributed by atoms with Gasteiger partial charge in [0.1, 0.15) is 5.92 Å². The highest BCUT2D eigenvalue weighted by atomic mass is 14.1. The maximum absolute atomic E-state index is 3.05. The van der Waals surface area contributed by atoms with Gasteiger partial charge in [0.25, 0.3) is 0 Å². The van der Waals surface area contributed by atoms with E-state index in [9.17, 15) is 0 Å². The van der Waals surface area contributed by atoms with Crippen molar-refractivity contribution in [1.82, 2.24) is 0 Å². The molecule has 0 unspecified atom stereocenters. The summed E-state index contributed by atoms with van der Waals surface area (Å²) in [6.07, 6.45) is 1.11. The van der Waals surface area contributed by atoms with Gasteiger partial charge in [-0.25, -0.2) is 0 Å². The highest BCUT2D eigenvalue weighted by molar-refractivity contribution is 5.48. The Kier molecular flexibility index (Phi) is 1.43. The number of rotatable bonds is 2. The lowest BCUT2D eigenvalue weighted by atomic mass is 10.0.